The van der Waals surface area contributed by atoms with Crippen LogP contribution in [0.2, 0.25) is 0 Å². The first-order valence-electron chi connectivity index (χ1n) is 1.28. The molecule has 0 unspecified atom stereocenters. The van der Waals surface area contributed by atoms with Crippen molar-refractivity contribution in [2.45, 2.75) is 0 Å². The third kappa shape index (κ3) is 3990. The van der Waals surface area contributed by atoms with Crippen molar-refractivity contribution in [3.8, 4) is 0 Å². The molecule has 0 bridgehead atoms. The Labute approximate surface area is 79.0 Å². The molecule has 0 fully saturated rings. The van der Waals surface area contributed by atoms with E-state index in [9.17, 15) is 0 Å². The minimum Gasteiger partial charge on any atom is -0.759 e. The Morgan fingerprint density at radius 1 is 1.00 bits per heavy atom. The molecule has 0 amide bonds. The Bertz CT molecular complexity index is 164. The first-order valence-corrected chi connectivity index (χ1v) is 2.61. The zero-order valence-corrected chi connectivity index (χ0v) is 7.83. The molecule has 0 aromatic carbocycles. The van der Waals surface area contributed by atoms with Crippen LogP contribution in [0, 0.1) is 0 Å². The molecular weight excluding hydrogens is 248 g/mol. The summed E-state index contributed by atoms with van der Waals surface area (Å²) in [7, 11) is -5.17. The summed E-state index contributed by atoms with van der Waals surface area (Å²) in [6.07, 6.45) is -2.33. The number of quaternary nitrogens is 2. The summed E-state index contributed by atoms with van der Waals surface area (Å²) in [5.41, 5.74) is 0. The molecule has 0 rings (SSSR count). The van der Waals surface area contributed by atoms with Gasteiger partial charge in [-0.2, -0.15) is 0 Å². The van der Waals surface area contributed by atoms with Crippen LogP contribution in [0.3, 0.4) is 0 Å². The molecule has 0 saturated heterocycles. The third-order valence-corrected chi connectivity index (χ3v) is 0. The van der Waals surface area contributed by atoms with Gasteiger partial charge >= 0.3 is 17.1 Å². The van der Waals surface area contributed by atoms with E-state index >= 15 is 0 Å². The average Bonchev–Trinajstić information content (AvgIpc) is 1.19. The molecule has 8 N–H and O–H groups in total. The fraction of sp³-hybridized carbons (Fsp3) is 0. The van der Waals surface area contributed by atoms with Crippen LogP contribution in [0.4, 0.5) is 4.79 Å². The molecular formula is CH8CuN2O7S. The van der Waals surface area contributed by atoms with Gasteiger partial charge in [0.25, 0.3) is 0 Å². The standard InChI is InChI=1S/CH2O3.Cu.2H3N.H2O4S/c2-1(3)4;;;;1-5(2,3)4/h(H2,2,3,4);;2*1H3;(H2,1,2,3,4)/q;+2;;;/p-2. The van der Waals surface area contributed by atoms with Gasteiger partial charge in [-0.05, 0) is 6.16 Å². The van der Waals surface area contributed by atoms with E-state index in [2.05, 4.69) is 0 Å². The quantitative estimate of drug-likeness (QED) is 0.259. The predicted octanol–water partition coefficient (Wildman–Crippen LogP) is -3.04. The van der Waals surface area contributed by atoms with Gasteiger partial charge in [-0.3, -0.25) is 8.42 Å². The Hall–Kier alpha value is -0.421. The van der Waals surface area contributed by atoms with Crippen molar-refractivity contribution < 1.29 is 49.6 Å². The smallest absolute Gasteiger partial charge is 0.759 e. The number of carboxylic acid groups (broad SMARTS) is 2. The largest absolute Gasteiger partial charge is 2.00 e. The summed E-state index contributed by atoms with van der Waals surface area (Å²) in [6, 6.07) is 0. The van der Waals surface area contributed by atoms with E-state index in [1.807, 2.05) is 0 Å². The van der Waals surface area contributed by atoms with Crippen molar-refractivity contribution in [2.75, 3.05) is 0 Å². The van der Waals surface area contributed by atoms with Crippen LogP contribution < -0.4 is 22.5 Å². The first-order chi connectivity index (χ1) is 3.73. The van der Waals surface area contributed by atoms with E-state index in [4.69, 9.17) is 32.5 Å². The molecule has 0 aliphatic carbocycles. The molecule has 9 nitrogen and oxygen atoms in total. The van der Waals surface area contributed by atoms with E-state index in [0.29, 0.717) is 0 Å². The van der Waals surface area contributed by atoms with Crippen molar-refractivity contribution in [1.82, 2.24) is 12.3 Å². The van der Waals surface area contributed by atoms with Crippen molar-refractivity contribution in [3.05, 3.63) is 0 Å². The topological polar surface area (TPSA) is 216 Å². The van der Waals surface area contributed by atoms with Crippen LogP contribution in [0.1, 0.15) is 0 Å². The molecule has 1 radical (unpaired) electrons. The maximum Gasteiger partial charge on any atom is 2.00 e. The molecule has 0 aromatic heterocycles. The van der Waals surface area contributed by atoms with Gasteiger partial charge in [-0.1, -0.05) is 0 Å². The summed E-state index contributed by atoms with van der Waals surface area (Å²) in [4.78, 5) is 8.33. The molecule has 11 heteroatoms. The Balaban J connectivity index is -0.0000000221. The third-order valence-electron chi connectivity index (χ3n) is 0. The van der Waals surface area contributed by atoms with Crippen LogP contribution in [0.25, 0.3) is 0 Å². The minimum atomic E-state index is -5.17. The molecule has 12 heavy (non-hydrogen) atoms. The van der Waals surface area contributed by atoms with Crippen LogP contribution in [-0.4, -0.2) is 23.7 Å². The number of rotatable bonds is 0. The van der Waals surface area contributed by atoms with Gasteiger partial charge in [0.1, 0.15) is 0 Å². The van der Waals surface area contributed by atoms with E-state index in [1.54, 1.807) is 0 Å². The molecule has 0 aliphatic rings. The van der Waals surface area contributed by atoms with Gasteiger partial charge in [-0.25, -0.2) is 0 Å². The van der Waals surface area contributed by atoms with Crippen molar-refractivity contribution >= 4 is 16.6 Å². The van der Waals surface area contributed by atoms with E-state index in [1.165, 1.54) is 0 Å². The number of carbonyl (C=O) groups is 1. The molecule has 0 heterocycles. The summed E-state index contributed by atoms with van der Waals surface area (Å²) < 4.78 is 34.1. The maximum absolute atomic E-state index is 8.52. The second-order valence-electron chi connectivity index (χ2n) is 0.658. The van der Waals surface area contributed by atoms with Gasteiger partial charge in [-0.15, -0.1) is 0 Å². The summed E-state index contributed by atoms with van der Waals surface area (Å²) in [5.74, 6) is 0. The maximum atomic E-state index is 8.52. The monoisotopic (exact) mass is 255 g/mol. The van der Waals surface area contributed by atoms with Crippen LogP contribution in [0.5, 0.6) is 0 Å². The number of hydrogen-bond acceptors (Lipinski definition) is 7. The molecule has 0 spiro atoms. The fourth-order valence-electron chi connectivity index (χ4n) is 0. The second-order valence-corrected chi connectivity index (χ2v) is 1.47. The van der Waals surface area contributed by atoms with Gasteiger partial charge in [0.05, 0.1) is 0 Å². The SMILES string of the molecule is O=C([O-])[O-].O=S(=O)([O-])[O-].[Cu+2].[NH4+].[NH4+]. The Morgan fingerprint density at radius 2 is 1.00 bits per heavy atom. The Morgan fingerprint density at radius 3 is 1.00 bits per heavy atom. The van der Waals surface area contributed by atoms with Crippen LogP contribution in [0.15, 0.2) is 0 Å². The van der Waals surface area contributed by atoms with E-state index in [-0.39, 0.29) is 29.4 Å². The summed E-state index contributed by atoms with van der Waals surface area (Å²) in [5, 5.41) is 16.7. The first kappa shape index (κ1) is 29.9. The molecule has 0 aliphatic heterocycles. The number of hydrogen-bond donors (Lipinski definition) is 2. The zero-order valence-electron chi connectivity index (χ0n) is 6.07. The van der Waals surface area contributed by atoms with Crippen molar-refractivity contribution in [2.24, 2.45) is 0 Å². The minimum absolute atomic E-state index is 0. The fourth-order valence-corrected chi connectivity index (χ4v) is 0. The van der Waals surface area contributed by atoms with Crippen LogP contribution >= 0.6 is 0 Å². The second kappa shape index (κ2) is 13.2. The van der Waals surface area contributed by atoms with E-state index < -0.39 is 16.6 Å². The summed E-state index contributed by atoms with van der Waals surface area (Å²) in [6.45, 7) is 0. The van der Waals surface area contributed by atoms with Gasteiger partial charge in [0, 0.05) is 10.4 Å². The average molecular weight is 256 g/mol. The molecule has 0 aromatic rings. The van der Waals surface area contributed by atoms with Crippen molar-refractivity contribution in [1.29, 1.82) is 0 Å². The normalized spacial score (nSPS) is 6.83. The molecule has 81 valence electrons. The summed E-state index contributed by atoms with van der Waals surface area (Å²) >= 11 is 0. The zero-order chi connectivity index (χ0) is 8.08. The van der Waals surface area contributed by atoms with Gasteiger partial charge < -0.3 is 36.4 Å². The number of carbonyl (C=O) groups excluding carboxylic acids is 1. The Kier molecular flexibility index (Phi) is 32.9. The van der Waals surface area contributed by atoms with E-state index in [0.717, 1.165) is 0 Å². The van der Waals surface area contributed by atoms with Crippen LogP contribution in [-0.2, 0) is 27.5 Å². The van der Waals surface area contributed by atoms with Gasteiger partial charge in [0.2, 0.25) is 0 Å². The predicted molar refractivity (Wildman–Crippen MR) is 27.8 cm³/mol. The molecule has 0 atom stereocenters. The molecule has 0 saturated carbocycles. The van der Waals surface area contributed by atoms with Crippen molar-refractivity contribution in [3.63, 3.8) is 0 Å². The van der Waals surface area contributed by atoms with Gasteiger partial charge in [0.15, 0.2) is 0 Å².